The largest absolute Gasteiger partial charge is 0.466 e. The molecule has 0 radical (unpaired) electrons. The number of aliphatic hydroxyl groups excluding tert-OH is 2. The molecule has 432 valence electrons. The van der Waals surface area contributed by atoms with E-state index in [1.54, 1.807) is 0 Å². The Labute approximate surface area is 456 Å². The molecule has 0 aliphatic rings. The standard InChI is InChI=1S/C67H129NO5/c1-3-5-7-9-11-13-15-17-18-19-27-30-33-36-39-43-47-51-55-59-65(70)64(63-69)68-66(71)60-56-52-48-44-40-37-34-31-28-25-23-21-20-22-24-26-29-32-35-38-42-46-50-54-58-62-73-67(72)61-57-53-49-45-41-16-14-12-10-8-6-4-2/h12,14,21,23,64-65,69-70H,3-11,13,15-20,22,24-63H2,1-2H3,(H,68,71)/b14-12-,23-21-. The maximum atomic E-state index is 12.5. The second-order valence-electron chi connectivity index (χ2n) is 22.8. The lowest BCUT2D eigenvalue weighted by Crippen LogP contribution is -2.45. The van der Waals surface area contributed by atoms with Gasteiger partial charge in [0.05, 0.1) is 25.4 Å². The molecule has 0 heterocycles. The third-order valence-electron chi connectivity index (χ3n) is 15.5. The molecule has 0 rings (SSSR count). The van der Waals surface area contributed by atoms with Gasteiger partial charge in [-0.3, -0.25) is 9.59 Å². The second-order valence-corrected chi connectivity index (χ2v) is 22.8. The molecular formula is C67H129NO5. The molecule has 0 fully saturated rings. The SMILES string of the molecule is CCCCC/C=C\CCCCCCCC(=O)OCCCCCCCCCCCCCC/C=C\CCCCCCCCCCCC(=O)NC(CO)C(O)CCCCCCCCCCCCCCCCCCCCC. The normalized spacial score (nSPS) is 12.7. The first-order chi connectivity index (χ1) is 36.0. The van der Waals surface area contributed by atoms with Crippen LogP contribution >= 0.6 is 0 Å². The molecule has 0 bridgehead atoms. The summed E-state index contributed by atoms with van der Waals surface area (Å²) < 4.78 is 5.47. The van der Waals surface area contributed by atoms with E-state index in [1.807, 2.05) is 0 Å². The highest BCUT2D eigenvalue weighted by atomic mass is 16.5. The number of carbonyl (C=O) groups is 2. The maximum Gasteiger partial charge on any atom is 0.305 e. The van der Waals surface area contributed by atoms with Crippen LogP contribution in [0.15, 0.2) is 24.3 Å². The number of hydrogen-bond acceptors (Lipinski definition) is 5. The van der Waals surface area contributed by atoms with Crippen LogP contribution in [0, 0.1) is 0 Å². The average Bonchev–Trinajstić information content (AvgIpc) is 3.39. The van der Waals surface area contributed by atoms with Crippen molar-refractivity contribution in [1.29, 1.82) is 0 Å². The fourth-order valence-electron chi connectivity index (χ4n) is 10.4. The van der Waals surface area contributed by atoms with Crippen molar-refractivity contribution in [1.82, 2.24) is 5.32 Å². The van der Waals surface area contributed by atoms with Crippen molar-refractivity contribution >= 4 is 11.9 Å². The van der Waals surface area contributed by atoms with Crippen LogP contribution in [-0.4, -0.2) is 47.4 Å². The van der Waals surface area contributed by atoms with E-state index in [0.29, 0.717) is 25.9 Å². The molecule has 2 atom stereocenters. The number of carbonyl (C=O) groups excluding carboxylic acids is 2. The summed E-state index contributed by atoms with van der Waals surface area (Å²) in [4.78, 5) is 24.5. The second kappa shape index (κ2) is 62.9. The fourth-order valence-corrected chi connectivity index (χ4v) is 10.4. The van der Waals surface area contributed by atoms with Crippen LogP contribution in [0.4, 0.5) is 0 Å². The number of nitrogens with one attached hydrogen (secondary N) is 1. The summed E-state index contributed by atoms with van der Waals surface area (Å²) in [6.07, 6.45) is 77.7. The lowest BCUT2D eigenvalue weighted by atomic mass is 10.0. The Morgan fingerprint density at radius 3 is 1.00 bits per heavy atom. The average molecular weight is 1030 g/mol. The predicted molar refractivity (Wildman–Crippen MR) is 320 cm³/mol. The van der Waals surface area contributed by atoms with Crippen molar-refractivity contribution < 1.29 is 24.5 Å². The summed E-state index contributed by atoms with van der Waals surface area (Å²) in [7, 11) is 0. The molecule has 0 aromatic heterocycles. The highest BCUT2D eigenvalue weighted by molar-refractivity contribution is 5.76. The van der Waals surface area contributed by atoms with Gasteiger partial charge in [-0.05, 0) is 77.0 Å². The highest BCUT2D eigenvalue weighted by Crippen LogP contribution is 2.18. The van der Waals surface area contributed by atoms with Crippen molar-refractivity contribution in [3.05, 3.63) is 24.3 Å². The van der Waals surface area contributed by atoms with Gasteiger partial charge in [0, 0.05) is 12.8 Å². The van der Waals surface area contributed by atoms with Crippen LogP contribution in [-0.2, 0) is 14.3 Å². The summed E-state index contributed by atoms with van der Waals surface area (Å²) in [6.45, 7) is 4.95. The molecule has 1 amide bonds. The Morgan fingerprint density at radius 2 is 0.644 bits per heavy atom. The number of esters is 1. The van der Waals surface area contributed by atoms with Crippen molar-refractivity contribution in [3.63, 3.8) is 0 Å². The molecule has 6 nitrogen and oxygen atoms in total. The molecule has 0 aromatic rings. The summed E-state index contributed by atoms with van der Waals surface area (Å²) in [5, 5.41) is 23.4. The van der Waals surface area contributed by atoms with Gasteiger partial charge in [-0.15, -0.1) is 0 Å². The van der Waals surface area contributed by atoms with Crippen molar-refractivity contribution in [2.75, 3.05) is 13.2 Å². The number of aliphatic hydroxyl groups is 2. The zero-order chi connectivity index (χ0) is 52.9. The molecule has 0 spiro atoms. The molecule has 0 aliphatic heterocycles. The first kappa shape index (κ1) is 71.3. The zero-order valence-corrected chi connectivity index (χ0v) is 49.4. The molecule has 0 saturated carbocycles. The van der Waals surface area contributed by atoms with Crippen LogP contribution in [0.2, 0.25) is 0 Å². The van der Waals surface area contributed by atoms with Crippen LogP contribution in [0.1, 0.15) is 367 Å². The smallest absolute Gasteiger partial charge is 0.305 e. The third kappa shape index (κ3) is 59.4. The molecule has 0 aromatic carbocycles. The van der Waals surface area contributed by atoms with Gasteiger partial charge in [-0.2, -0.15) is 0 Å². The summed E-state index contributed by atoms with van der Waals surface area (Å²) >= 11 is 0. The number of amides is 1. The minimum Gasteiger partial charge on any atom is -0.466 e. The summed E-state index contributed by atoms with van der Waals surface area (Å²) in [6, 6.07) is -0.544. The van der Waals surface area contributed by atoms with E-state index in [4.69, 9.17) is 4.74 Å². The highest BCUT2D eigenvalue weighted by Gasteiger charge is 2.20. The molecule has 73 heavy (non-hydrogen) atoms. The fraction of sp³-hybridized carbons (Fsp3) is 0.910. The van der Waals surface area contributed by atoms with Crippen molar-refractivity contribution in [2.24, 2.45) is 0 Å². The van der Waals surface area contributed by atoms with Crippen LogP contribution < -0.4 is 5.32 Å². The minimum absolute atomic E-state index is 0.00386. The molecular weight excluding hydrogens is 899 g/mol. The number of hydrogen-bond donors (Lipinski definition) is 3. The lowest BCUT2D eigenvalue weighted by molar-refractivity contribution is -0.143. The quantitative estimate of drug-likeness (QED) is 0.0320. The van der Waals surface area contributed by atoms with Gasteiger partial charge in [0.2, 0.25) is 5.91 Å². The third-order valence-corrected chi connectivity index (χ3v) is 15.5. The van der Waals surface area contributed by atoms with Gasteiger partial charge < -0.3 is 20.3 Å². The van der Waals surface area contributed by atoms with E-state index < -0.39 is 12.1 Å². The van der Waals surface area contributed by atoms with E-state index in [1.165, 1.54) is 289 Å². The van der Waals surface area contributed by atoms with Gasteiger partial charge in [0.15, 0.2) is 0 Å². The number of allylic oxidation sites excluding steroid dienone is 4. The van der Waals surface area contributed by atoms with Crippen molar-refractivity contribution in [2.45, 2.75) is 379 Å². The Kier molecular flexibility index (Phi) is 61.4. The molecule has 0 aliphatic carbocycles. The van der Waals surface area contributed by atoms with E-state index in [9.17, 15) is 19.8 Å². The topological polar surface area (TPSA) is 95.9 Å². The number of unbranched alkanes of at least 4 members (excludes halogenated alkanes) is 47. The van der Waals surface area contributed by atoms with E-state index in [-0.39, 0.29) is 18.5 Å². The van der Waals surface area contributed by atoms with Crippen LogP contribution in [0.5, 0.6) is 0 Å². The Bertz CT molecular complexity index is 1140. The van der Waals surface area contributed by atoms with E-state index in [2.05, 4.69) is 43.5 Å². The Morgan fingerprint density at radius 1 is 0.370 bits per heavy atom. The number of ether oxygens (including phenoxy) is 1. The van der Waals surface area contributed by atoms with Gasteiger partial charge in [0.1, 0.15) is 0 Å². The first-order valence-electron chi connectivity index (χ1n) is 33.1. The molecule has 2 unspecified atom stereocenters. The maximum absolute atomic E-state index is 12.5. The monoisotopic (exact) mass is 1030 g/mol. The van der Waals surface area contributed by atoms with Gasteiger partial charge in [0.25, 0.3) is 0 Å². The molecule has 3 N–H and O–H groups in total. The molecule has 0 saturated heterocycles. The van der Waals surface area contributed by atoms with E-state index in [0.717, 1.165) is 44.9 Å². The summed E-state index contributed by atoms with van der Waals surface area (Å²) in [5.74, 6) is -0.0308. The predicted octanol–water partition coefficient (Wildman–Crippen LogP) is 21.0. The van der Waals surface area contributed by atoms with Crippen LogP contribution in [0.25, 0.3) is 0 Å². The number of rotatable bonds is 62. The molecule has 6 heteroatoms. The first-order valence-corrected chi connectivity index (χ1v) is 33.1. The minimum atomic E-state index is -0.667. The van der Waals surface area contributed by atoms with Gasteiger partial charge >= 0.3 is 5.97 Å². The lowest BCUT2D eigenvalue weighted by Gasteiger charge is -2.22. The zero-order valence-electron chi connectivity index (χ0n) is 49.4. The van der Waals surface area contributed by atoms with Crippen molar-refractivity contribution in [3.8, 4) is 0 Å². The van der Waals surface area contributed by atoms with E-state index >= 15 is 0 Å². The van der Waals surface area contributed by atoms with Crippen LogP contribution in [0.3, 0.4) is 0 Å². The summed E-state index contributed by atoms with van der Waals surface area (Å²) in [5.41, 5.74) is 0. The van der Waals surface area contributed by atoms with Gasteiger partial charge in [-0.1, -0.05) is 301 Å². The van der Waals surface area contributed by atoms with Gasteiger partial charge in [-0.25, -0.2) is 0 Å². The Hall–Kier alpha value is -1.66. The Balaban J connectivity index is 3.40.